The third kappa shape index (κ3) is 2.62. The molecule has 13 heavy (non-hydrogen) atoms. The highest BCUT2D eigenvalue weighted by molar-refractivity contribution is 6.18. The van der Waals surface area contributed by atoms with E-state index in [0.29, 0.717) is 11.8 Å². The molecular formula is C9H16ClN3. The molecule has 0 aromatic carbocycles. The van der Waals surface area contributed by atoms with Crippen LogP contribution in [0.15, 0.2) is 12.4 Å². The Morgan fingerprint density at radius 3 is 2.69 bits per heavy atom. The van der Waals surface area contributed by atoms with Crippen molar-refractivity contribution in [1.29, 1.82) is 0 Å². The van der Waals surface area contributed by atoms with Gasteiger partial charge in [0.25, 0.3) is 0 Å². The number of hydrogen-bond donors (Lipinski definition) is 1. The fraction of sp³-hybridized carbons (Fsp3) is 0.667. The van der Waals surface area contributed by atoms with E-state index in [1.807, 2.05) is 17.8 Å². The van der Waals surface area contributed by atoms with Crippen LogP contribution in [-0.4, -0.2) is 21.5 Å². The van der Waals surface area contributed by atoms with E-state index in [9.17, 15) is 0 Å². The second kappa shape index (κ2) is 4.51. The molecule has 0 aliphatic rings. The van der Waals surface area contributed by atoms with Crippen LogP contribution in [0.3, 0.4) is 0 Å². The molecule has 1 unspecified atom stereocenters. The van der Waals surface area contributed by atoms with Crippen molar-refractivity contribution in [3.63, 3.8) is 0 Å². The number of nitrogens with one attached hydrogen (secondary N) is 1. The van der Waals surface area contributed by atoms with Gasteiger partial charge in [0.15, 0.2) is 0 Å². The molecular weight excluding hydrogens is 186 g/mol. The minimum Gasteiger partial charge on any atom is -0.351 e. The molecule has 74 valence electrons. The molecule has 3 nitrogen and oxygen atoms in total. The molecule has 1 atom stereocenters. The predicted octanol–water partition coefficient (Wildman–Crippen LogP) is 2.10. The van der Waals surface area contributed by atoms with Crippen LogP contribution in [0.4, 0.5) is 5.95 Å². The summed E-state index contributed by atoms with van der Waals surface area (Å²) < 4.78 is 1.95. The van der Waals surface area contributed by atoms with Crippen LogP contribution in [0, 0.1) is 5.92 Å². The number of imidazole rings is 1. The number of halogens is 1. The van der Waals surface area contributed by atoms with Gasteiger partial charge in [-0.05, 0) is 5.92 Å². The molecule has 1 aromatic rings. The summed E-state index contributed by atoms with van der Waals surface area (Å²) in [6.45, 7) is 4.28. The monoisotopic (exact) mass is 201 g/mol. The summed E-state index contributed by atoms with van der Waals surface area (Å²) in [4.78, 5) is 4.18. The summed E-state index contributed by atoms with van der Waals surface area (Å²) in [6.07, 6.45) is 3.68. The maximum Gasteiger partial charge on any atom is 0.202 e. The van der Waals surface area contributed by atoms with E-state index in [-0.39, 0.29) is 6.04 Å². The van der Waals surface area contributed by atoms with E-state index in [2.05, 4.69) is 24.1 Å². The normalized spacial score (nSPS) is 13.3. The van der Waals surface area contributed by atoms with Gasteiger partial charge in [-0.1, -0.05) is 13.8 Å². The van der Waals surface area contributed by atoms with Gasteiger partial charge in [0.05, 0.1) is 0 Å². The van der Waals surface area contributed by atoms with Crippen molar-refractivity contribution in [2.45, 2.75) is 19.9 Å². The highest BCUT2D eigenvalue weighted by Gasteiger charge is 2.13. The van der Waals surface area contributed by atoms with Crippen LogP contribution in [0.25, 0.3) is 0 Å². The largest absolute Gasteiger partial charge is 0.351 e. The molecule has 0 bridgehead atoms. The van der Waals surface area contributed by atoms with Gasteiger partial charge in [-0.3, -0.25) is 0 Å². The predicted molar refractivity (Wildman–Crippen MR) is 56.2 cm³/mol. The van der Waals surface area contributed by atoms with E-state index in [1.165, 1.54) is 0 Å². The van der Waals surface area contributed by atoms with Crippen molar-refractivity contribution in [2.75, 3.05) is 11.2 Å². The fourth-order valence-corrected chi connectivity index (χ4v) is 1.49. The lowest BCUT2D eigenvalue weighted by molar-refractivity contribution is 0.558. The Hall–Kier alpha value is -0.700. The Balaban J connectivity index is 2.62. The fourth-order valence-electron chi connectivity index (χ4n) is 1.05. The molecule has 1 rings (SSSR count). The SMILES string of the molecule is CC(C)C(CCl)Nc1nccn1C. The highest BCUT2D eigenvalue weighted by atomic mass is 35.5. The molecule has 0 radical (unpaired) electrons. The number of hydrogen-bond acceptors (Lipinski definition) is 2. The van der Waals surface area contributed by atoms with Gasteiger partial charge in [-0.15, -0.1) is 11.6 Å². The van der Waals surface area contributed by atoms with Gasteiger partial charge < -0.3 is 9.88 Å². The van der Waals surface area contributed by atoms with Crippen LogP contribution in [-0.2, 0) is 7.05 Å². The van der Waals surface area contributed by atoms with E-state index in [4.69, 9.17) is 11.6 Å². The lowest BCUT2D eigenvalue weighted by Crippen LogP contribution is -2.28. The maximum absolute atomic E-state index is 5.83. The molecule has 0 amide bonds. The van der Waals surface area contributed by atoms with Gasteiger partial charge in [0, 0.05) is 31.4 Å². The van der Waals surface area contributed by atoms with Gasteiger partial charge >= 0.3 is 0 Å². The van der Waals surface area contributed by atoms with Crippen molar-refractivity contribution in [2.24, 2.45) is 13.0 Å². The number of alkyl halides is 1. The highest BCUT2D eigenvalue weighted by Crippen LogP contribution is 2.10. The van der Waals surface area contributed by atoms with E-state index < -0.39 is 0 Å². The molecule has 0 aliphatic carbocycles. The second-order valence-corrected chi connectivity index (χ2v) is 3.82. The number of anilines is 1. The van der Waals surface area contributed by atoms with Gasteiger partial charge in [-0.25, -0.2) is 4.98 Å². The Kier molecular flexibility index (Phi) is 3.60. The molecule has 1 N–H and O–H groups in total. The minimum absolute atomic E-state index is 0.280. The van der Waals surface area contributed by atoms with Crippen LogP contribution < -0.4 is 5.32 Å². The van der Waals surface area contributed by atoms with Crippen LogP contribution in [0.1, 0.15) is 13.8 Å². The molecule has 0 saturated heterocycles. The summed E-state index contributed by atoms with van der Waals surface area (Å²) in [5.41, 5.74) is 0. The maximum atomic E-state index is 5.83. The minimum atomic E-state index is 0.280. The third-order valence-electron chi connectivity index (χ3n) is 2.11. The van der Waals surface area contributed by atoms with Crippen molar-refractivity contribution in [3.8, 4) is 0 Å². The number of nitrogens with zero attached hydrogens (tertiary/aromatic N) is 2. The number of aromatic nitrogens is 2. The average molecular weight is 202 g/mol. The zero-order valence-electron chi connectivity index (χ0n) is 8.29. The first-order chi connectivity index (χ1) is 6.15. The first kappa shape index (κ1) is 10.4. The van der Waals surface area contributed by atoms with E-state index >= 15 is 0 Å². The van der Waals surface area contributed by atoms with Crippen molar-refractivity contribution >= 4 is 17.5 Å². The van der Waals surface area contributed by atoms with Gasteiger partial charge in [0.2, 0.25) is 5.95 Å². The topological polar surface area (TPSA) is 29.9 Å². The molecule has 0 spiro atoms. The molecule has 0 aliphatic heterocycles. The van der Waals surface area contributed by atoms with Crippen LogP contribution in [0.2, 0.25) is 0 Å². The lowest BCUT2D eigenvalue weighted by atomic mass is 10.1. The van der Waals surface area contributed by atoms with Crippen LogP contribution in [0.5, 0.6) is 0 Å². The molecule has 0 fully saturated rings. The lowest BCUT2D eigenvalue weighted by Gasteiger charge is -2.20. The third-order valence-corrected chi connectivity index (χ3v) is 2.44. The van der Waals surface area contributed by atoms with Crippen molar-refractivity contribution in [3.05, 3.63) is 12.4 Å². The zero-order valence-corrected chi connectivity index (χ0v) is 9.04. The van der Waals surface area contributed by atoms with Crippen molar-refractivity contribution in [1.82, 2.24) is 9.55 Å². The summed E-state index contributed by atoms with van der Waals surface area (Å²) in [6, 6.07) is 0.280. The Labute approximate surface area is 84.1 Å². The van der Waals surface area contributed by atoms with E-state index in [0.717, 1.165) is 5.95 Å². The summed E-state index contributed by atoms with van der Waals surface area (Å²) in [5, 5.41) is 3.30. The Morgan fingerprint density at radius 1 is 1.62 bits per heavy atom. The van der Waals surface area contributed by atoms with Crippen molar-refractivity contribution < 1.29 is 0 Å². The molecule has 1 heterocycles. The molecule has 1 aromatic heterocycles. The standard InChI is InChI=1S/C9H16ClN3/c1-7(2)8(6-10)12-9-11-4-5-13(9)3/h4-5,7-8H,6H2,1-3H3,(H,11,12). The molecule has 0 saturated carbocycles. The summed E-state index contributed by atoms with van der Waals surface area (Å²) >= 11 is 5.83. The first-order valence-electron chi connectivity index (χ1n) is 4.45. The second-order valence-electron chi connectivity index (χ2n) is 3.51. The molecule has 4 heteroatoms. The van der Waals surface area contributed by atoms with Gasteiger partial charge in [-0.2, -0.15) is 0 Å². The number of aryl methyl sites for hydroxylation is 1. The van der Waals surface area contributed by atoms with Crippen LogP contribution >= 0.6 is 11.6 Å². The number of rotatable bonds is 4. The average Bonchev–Trinajstić information content (AvgIpc) is 2.46. The summed E-state index contributed by atoms with van der Waals surface area (Å²) in [5.74, 6) is 1.98. The quantitative estimate of drug-likeness (QED) is 0.757. The Morgan fingerprint density at radius 2 is 2.31 bits per heavy atom. The summed E-state index contributed by atoms with van der Waals surface area (Å²) in [7, 11) is 1.96. The zero-order chi connectivity index (χ0) is 9.84. The van der Waals surface area contributed by atoms with Gasteiger partial charge in [0.1, 0.15) is 0 Å². The first-order valence-corrected chi connectivity index (χ1v) is 4.98. The van der Waals surface area contributed by atoms with E-state index in [1.54, 1.807) is 6.20 Å². The Bertz CT molecular complexity index is 257. The smallest absolute Gasteiger partial charge is 0.202 e.